The van der Waals surface area contributed by atoms with Crippen LogP contribution in [-0.2, 0) is 12.6 Å². The highest BCUT2D eigenvalue weighted by molar-refractivity contribution is 5.89. The maximum atomic E-state index is 15.8. The van der Waals surface area contributed by atoms with Crippen LogP contribution in [0.4, 0.5) is 32.6 Å². The third kappa shape index (κ3) is 5.67. The van der Waals surface area contributed by atoms with E-state index in [2.05, 4.69) is 5.32 Å². The molecule has 2 unspecified atom stereocenters. The molecule has 1 aromatic heterocycles. The molecule has 2 heterocycles. The molecule has 46 heavy (non-hydrogen) atoms. The molecule has 0 saturated heterocycles. The molecule has 2 atom stereocenters. The maximum absolute atomic E-state index is 15.8. The predicted molar refractivity (Wildman–Crippen MR) is 159 cm³/mol. The molecule has 0 aliphatic carbocycles. The van der Waals surface area contributed by atoms with Crippen molar-refractivity contribution in [3.63, 3.8) is 0 Å². The minimum Gasteiger partial charge on any atom is -0.494 e. The molecule has 0 radical (unpaired) electrons. The molecule has 2 N–H and O–H groups in total. The van der Waals surface area contributed by atoms with Crippen LogP contribution >= 0.6 is 0 Å². The van der Waals surface area contributed by atoms with Gasteiger partial charge in [-0.2, -0.15) is 18.4 Å². The number of nitriles is 1. The fourth-order valence-electron chi connectivity index (χ4n) is 6.08. The SMILES string of the molecule is COc1cccc(-c2c(C)c(Cc3c(F)cccc3C(F)(F)F)c3n(c2=O)C(C(NCC#N)c2ccccc2)CN3C(=O)O)c1F. The summed E-state index contributed by atoms with van der Waals surface area (Å²) in [6.07, 6.45) is -7.26. The molecule has 238 valence electrons. The lowest BCUT2D eigenvalue weighted by Gasteiger charge is -2.27. The Hall–Kier alpha value is -5.22. The normalized spacial score (nSPS) is 14.9. The van der Waals surface area contributed by atoms with Gasteiger partial charge in [0.1, 0.15) is 11.6 Å². The zero-order valence-electron chi connectivity index (χ0n) is 24.5. The van der Waals surface area contributed by atoms with Gasteiger partial charge in [0.15, 0.2) is 11.6 Å². The number of benzene rings is 3. The van der Waals surface area contributed by atoms with Crippen molar-refractivity contribution in [3.05, 3.63) is 117 Å². The molecule has 0 fully saturated rings. The zero-order chi connectivity index (χ0) is 33.3. The fourth-order valence-corrected chi connectivity index (χ4v) is 6.08. The second kappa shape index (κ2) is 12.6. The summed E-state index contributed by atoms with van der Waals surface area (Å²) in [5.74, 6) is -2.60. The van der Waals surface area contributed by atoms with Crippen molar-refractivity contribution in [2.45, 2.75) is 31.6 Å². The van der Waals surface area contributed by atoms with E-state index in [9.17, 15) is 33.1 Å². The number of aromatic nitrogens is 1. The van der Waals surface area contributed by atoms with E-state index in [0.717, 1.165) is 21.6 Å². The van der Waals surface area contributed by atoms with E-state index in [1.54, 1.807) is 30.3 Å². The third-order valence-corrected chi connectivity index (χ3v) is 8.12. The van der Waals surface area contributed by atoms with Crippen LogP contribution in [0.25, 0.3) is 11.1 Å². The topological polar surface area (TPSA) is 108 Å². The molecule has 5 rings (SSSR count). The van der Waals surface area contributed by atoms with Gasteiger partial charge in [0, 0.05) is 23.1 Å². The monoisotopic (exact) mass is 638 g/mol. The molecule has 0 spiro atoms. The summed E-state index contributed by atoms with van der Waals surface area (Å²) in [5, 5.41) is 22.7. The Bertz CT molecular complexity index is 1900. The number of carboxylic acid groups (broad SMARTS) is 1. The summed E-state index contributed by atoms with van der Waals surface area (Å²) in [7, 11) is 1.22. The van der Waals surface area contributed by atoms with Crippen LogP contribution in [0.2, 0.25) is 0 Å². The van der Waals surface area contributed by atoms with Crippen LogP contribution in [0, 0.1) is 29.9 Å². The number of methoxy groups -OCH3 is 1. The first kappa shape index (κ1) is 32.2. The number of amides is 1. The highest BCUT2D eigenvalue weighted by atomic mass is 19.4. The van der Waals surface area contributed by atoms with Crippen molar-refractivity contribution in [1.82, 2.24) is 9.88 Å². The summed E-state index contributed by atoms with van der Waals surface area (Å²) < 4.78 is 79.5. The average Bonchev–Trinajstić information content (AvgIpc) is 3.42. The van der Waals surface area contributed by atoms with Gasteiger partial charge in [-0.05, 0) is 36.2 Å². The highest BCUT2D eigenvalue weighted by Crippen LogP contribution is 2.44. The van der Waals surface area contributed by atoms with Crippen molar-refractivity contribution in [2.75, 3.05) is 25.1 Å². The van der Waals surface area contributed by atoms with Crippen LogP contribution in [-0.4, -0.2) is 36.0 Å². The number of nitrogens with one attached hydrogen (secondary N) is 1. The number of anilines is 1. The molecule has 3 aromatic carbocycles. The summed E-state index contributed by atoms with van der Waals surface area (Å²) >= 11 is 0. The Morgan fingerprint density at radius 3 is 2.41 bits per heavy atom. The van der Waals surface area contributed by atoms with Gasteiger partial charge in [0.2, 0.25) is 0 Å². The van der Waals surface area contributed by atoms with Crippen LogP contribution in [0.5, 0.6) is 5.75 Å². The van der Waals surface area contributed by atoms with E-state index in [0.29, 0.717) is 11.6 Å². The van der Waals surface area contributed by atoms with E-state index in [1.807, 2.05) is 6.07 Å². The summed E-state index contributed by atoms with van der Waals surface area (Å²) in [5.41, 5.74) is -2.95. The lowest BCUT2D eigenvalue weighted by atomic mass is 9.91. The largest absolute Gasteiger partial charge is 0.494 e. The number of hydrogen-bond donors (Lipinski definition) is 2. The molecular formula is C33H27F5N4O4. The Balaban J connectivity index is 1.89. The Morgan fingerprint density at radius 1 is 1.09 bits per heavy atom. The van der Waals surface area contributed by atoms with Gasteiger partial charge in [-0.1, -0.05) is 48.5 Å². The van der Waals surface area contributed by atoms with Gasteiger partial charge in [0.05, 0.1) is 49.5 Å². The fraction of sp³-hybridized carbons (Fsp3) is 0.242. The number of fused-ring (bicyclic) bond motifs is 1. The lowest BCUT2D eigenvalue weighted by Crippen LogP contribution is -2.36. The zero-order valence-corrected chi connectivity index (χ0v) is 24.5. The Labute approximate surface area is 259 Å². The van der Waals surface area contributed by atoms with Crippen LogP contribution in [0.1, 0.15) is 39.9 Å². The first-order valence-electron chi connectivity index (χ1n) is 14.0. The Kier molecular flexibility index (Phi) is 8.85. The quantitative estimate of drug-likeness (QED) is 0.166. The minimum atomic E-state index is -4.96. The smallest absolute Gasteiger partial charge is 0.416 e. The number of carbonyl (C=O) groups is 1. The molecule has 0 bridgehead atoms. The van der Waals surface area contributed by atoms with Crippen LogP contribution < -0.4 is 20.5 Å². The molecule has 1 aliphatic heterocycles. The summed E-state index contributed by atoms with van der Waals surface area (Å²) in [6, 6.07) is 15.1. The van der Waals surface area contributed by atoms with E-state index in [4.69, 9.17) is 4.74 Å². The number of rotatable bonds is 8. The van der Waals surface area contributed by atoms with Gasteiger partial charge in [-0.25, -0.2) is 13.6 Å². The first-order valence-corrected chi connectivity index (χ1v) is 14.0. The predicted octanol–water partition coefficient (Wildman–Crippen LogP) is 6.61. The first-order chi connectivity index (χ1) is 21.9. The van der Waals surface area contributed by atoms with Crippen molar-refractivity contribution in [3.8, 4) is 22.9 Å². The number of hydrogen-bond acceptors (Lipinski definition) is 5. The average molecular weight is 639 g/mol. The van der Waals surface area contributed by atoms with E-state index >= 15 is 8.78 Å². The number of ether oxygens (including phenoxy) is 1. The number of alkyl halides is 3. The maximum Gasteiger partial charge on any atom is 0.416 e. The molecule has 0 saturated carbocycles. The van der Waals surface area contributed by atoms with Gasteiger partial charge >= 0.3 is 12.3 Å². The van der Waals surface area contributed by atoms with E-state index in [-0.39, 0.29) is 46.9 Å². The second-order valence-electron chi connectivity index (χ2n) is 10.6. The molecular weight excluding hydrogens is 611 g/mol. The Morgan fingerprint density at radius 2 is 1.78 bits per heavy atom. The lowest BCUT2D eigenvalue weighted by molar-refractivity contribution is -0.138. The van der Waals surface area contributed by atoms with Gasteiger partial charge in [-0.3, -0.25) is 19.6 Å². The third-order valence-electron chi connectivity index (χ3n) is 8.12. The molecule has 1 amide bonds. The van der Waals surface area contributed by atoms with Gasteiger partial charge in [-0.15, -0.1) is 0 Å². The summed E-state index contributed by atoms with van der Waals surface area (Å²) in [6.45, 7) is 0.797. The highest BCUT2D eigenvalue weighted by Gasteiger charge is 2.43. The van der Waals surface area contributed by atoms with E-state index in [1.165, 1.54) is 32.2 Å². The van der Waals surface area contributed by atoms with Crippen molar-refractivity contribution in [1.29, 1.82) is 5.26 Å². The van der Waals surface area contributed by atoms with Crippen molar-refractivity contribution < 1.29 is 36.6 Å². The minimum absolute atomic E-state index is 0.0343. The molecule has 13 heteroatoms. The summed E-state index contributed by atoms with van der Waals surface area (Å²) in [4.78, 5) is 28.0. The van der Waals surface area contributed by atoms with Crippen molar-refractivity contribution in [2.24, 2.45) is 0 Å². The van der Waals surface area contributed by atoms with Gasteiger partial charge < -0.3 is 9.84 Å². The van der Waals surface area contributed by atoms with E-state index < -0.39 is 59.1 Å². The van der Waals surface area contributed by atoms with Gasteiger partial charge in [0.25, 0.3) is 5.56 Å². The van der Waals surface area contributed by atoms with Crippen LogP contribution in [0.15, 0.2) is 71.5 Å². The second-order valence-corrected chi connectivity index (χ2v) is 10.6. The molecule has 8 nitrogen and oxygen atoms in total. The molecule has 4 aromatic rings. The van der Waals surface area contributed by atoms with Crippen molar-refractivity contribution >= 4 is 11.9 Å². The number of pyridine rings is 1. The molecule has 1 aliphatic rings. The number of nitrogens with zero attached hydrogens (tertiary/aromatic N) is 3. The number of halogens is 5. The van der Waals surface area contributed by atoms with Crippen LogP contribution in [0.3, 0.4) is 0 Å². The standard InChI is InChI=1S/C33H27F5N4O4/c1-18-21(16-22-23(33(36,37)38)11-7-12-24(22)34)30-41(32(44)45)17-25(29(40-15-14-39)19-8-4-3-5-9-19)42(30)31(43)27(18)20-10-6-13-26(46-2)28(20)35/h3-13,25,29,40H,15-17H2,1-2H3,(H,44,45).